The largest absolute Gasteiger partial charge is 0.466 e. The van der Waals surface area contributed by atoms with Crippen molar-refractivity contribution in [2.45, 2.75) is 24.8 Å². The van der Waals surface area contributed by atoms with Crippen LogP contribution in [-0.4, -0.2) is 70.3 Å². The van der Waals surface area contributed by atoms with Gasteiger partial charge in [0.25, 0.3) is 0 Å². The third-order valence-corrected chi connectivity index (χ3v) is 6.96. The number of rotatable bonds is 5. The van der Waals surface area contributed by atoms with Crippen molar-refractivity contribution in [3.05, 3.63) is 57.7 Å². The van der Waals surface area contributed by atoms with E-state index >= 15 is 0 Å². The average molecular weight is 469 g/mol. The zero-order chi connectivity index (χ0) is 24.6. The maximum atomic E-state index is 13.5. The molecular formula is C25H27NO8. The fraction of sp³-hybridized carbons (Fsp3) is 0.440. The maximum absolute atomic E-state index is 13.5. The van der Waals surface area contributed by atoms with Crippen LogP contribution < -0.4 is 0 Å². The Bertz CT molecular complexity index is 1070. The second kappa shape index (κ2) is 9.06. The van der Waals surface area contributed by atoms with E-state index in [0.717, 1.165) is 18.4 Å². The van der Waals surface area contributed by atoms with E-state index in [9.17, 15) is 19.2 Å². The van der Waals surface area contributed by atoms with Crippen LogP contribution in [0.15, 0.2) is 46.6 Å². The van der Waals surface area contributed by atoms with Crippen LogP contribution in [0.5, 0.6) is 0 Å². The molecule has 0 spiro atoms. The van der Waals surface area contributed by atoms with Crippen molar-refractivity contribution in [1.29, 1.82) is 0 Å². The summed E-state index contributed by atoms with van der Waals surface area (Å²) < 4.78 is 20.6. The lowest BCUT2D eigenvalue weighted by Crippen LogP contribution is -2.55. The van der Waals surface area contributed by atoms with E-state index in [1.807, 2.05) is 23.1 Å². The number of esters is 4. The molecule has 1 saturated heterocycles. The van der Waals surface area contributed by atoms with Crippen molar-refractivity contribution in [2.24, 2.45) is 5.92 Å². The molecule has 5 rings (SSSR count). The zero-order valence-corrected chi connectivity index (χ0v) is 19.6. The Morgan fingerprint density at radius 3 is 1.71 bits per heavy atom. The smallest absolute Gasteiger partial charge is 0.336 e. The molecule has 1 fully saturated rings. The van der Waals surface area contributed by atoms with Gasteiger partial charge in [0.1, 0.15) is 5.54 Å². The summed E-state index contributed by atoms with van der Waals surface area (Å²) in [5, 5.41) is 0. The summed E-state index contributed by atoms with van der Waals surface area (Å²) in [4.78, 5) is 55.5. The van der Waals surface area contributed by atoms with E-state index in [1.165, 1.54) is 28.4 Å². The SMILES string of the molecule is COC(=O)C1=C(C(=O)OC)C2(N3CCCC3)C(C(=O)OC)=C(C(=O)OC)C1Cc1ccccc12. The topological polar surface area (TPSA) is 108 Å². The summed E-state index contributed by atoms with van der Waals surface area (Å²) in [7, 11) is 4.85. The summed E-state index contributed by atoms with van der Waals surface area (Å²) in [6, 6.07) is 7.33. The fourth-order valence-corrected chi connectivity index (χ4v) is 5.72. The van der Waals surface area contributed by atoms with Gasteiger partial charge in [0.15, 0.2) is 0 Å². The van der Waals surface area contributed by atoms with Crippen molar-refractivity contribution in [3.63, 3.8) is 0 Å². The molecule has 0 unspecified atom stereocenters. The number of ether oxygens (including phenoxy) is 4. The molecule has 0 amide bonds. The first kappa shape index (κ1) is 23.7. The summed E-state index contributed by atoms with van der Waals surface area (Å²) in [5.74, 6) is -4.07. The van der Waals surface area contributed by atoms with Crippen molar-refractivity contribution < 1.29 is 38.1 Å². The van der Waals surface area contributed by atoms with Gasteiger partial charge < -0.3 is 18.9 Å². The molecule has 9 heteroatoms. The lowest BCUT2D eigenvalue weighted by Gasteiger charge is -2.47. The first-order valence-electron chi connectivity index (χ1n) is 11.0. The first-order valence-corrected chi connectivity index (χ1v) is 11.0. The molecule has 9 nitrogen and oxygen atoms in total. The minimum absolute atomic E-state index is 0.00879. The van der Waals surface area contributed by atoms with Gasteiger partial charge >= 0.3 is 23.9 Å². The van der Waals surface area contributed by atoms with Crippen molar-refractivity contribution in [1.82, 2.24) is 4.90 Å². The predicted octanol–water partition coefficient (Wildman–Crippen LogP) is 1.45. The van der Waals surface area contributed by atoms with Crippen molar-refractivity contribution in [3.8, 4) is 0 Å². The average Bonchev–Trinajstić information content (AvgIpc) is 3.34. The van der Waals surface area contributed by atoms with Crippen molar-refractivity contribution >= 4 is 23.9 Å². The Morgan fingerprint density at radius 1 is 0.765 bits per heavy atom. The Labute approximate surface area is 197 Å². The molecule has 1 heterocycles. The van der Waals surface area contributed by atoms with E-state index < -0.39 is 35.3 Å². The number of hydrogen-bond donors (Lipinski definition) is 0. The highest BCUT2D eigenvalue weighted by Gasteiger charge is 2.62. The van der Waals surface area contributed by atoms with Gasteiger partial charge in [-0.2, -0.15) is 0 Å². The van der Waals surface area contributed by atoms with Gasteiger partial charge in [-0.05, 0) is 43.5 Å². The molecule has 0 saturated carbocycles. The number of likely N-dealkylation sites (tertiary alicyclic amines) is 1. The van der Waals surface area contributed by atoms with Gasteiger partial charge in [-0.15, -0.1) is 0 Å². The quantitative estimate of drug-likeness (QED) is 0.468. The highest BCUT2D eigenvalue weighted by molar-refractivity contribution is 6.13. The second-order valence-corrected chi connectivity index (χ2v) is 8.36. The highest BCUT2D eigenvalue weighted by atomic mass is 16.5. The molecule has 0 aromatic heterocycles. The predicted molar refractivity (Wildman–Crippen MR) is 118 cm³/mol. The van der Waals surface area contributed by atoms with Crippen LogP contribution >= 0.6 is 0 Å². The van der Waals surface area contributed by atoms with E-state index in [4.69, 9.17) is 18.9 Å². The molecule has 0 radical (unpaired) electrons. The van der Waals surface area contributed by atoms with Crippen LogP contribution in [0.2, 0.25) is 0 Å². The normalized spacial score (nSPS) is 23.8. The summed E-state index contributed by atoms with van der Waals surface area (Å²) in [6.45, 7) is 1.03. The molecule has 2 bridgehead atoms. The fourth-order valence-electron chi connectivity index (χ4n) is 5.72. The Kier molecular flexibility index (Phi) is 6.31. The molecule has 1 aromatic rings. The lowest BCUT2D eigenvalue weighted by atomic mass is 9.66. The highest BCUT2D eigenvalue weighted by Crippen LogP contribution is 2.57. The summed E-state index contributed by atoms with van der Waals surface area (Å²) in [6.07, 6.45) is 1.79. The number of nitrogens with zero attached hydrogens (tertiary/aromatic N) is 1. The Balaban J connectivity index is 2.27. The van der Waals surface area contributed by atoms with E-state index in [2.05, 4.69) is 0 Å². The Morgan fingerprint density at radius 2 is 1.24 bits per heavy atom. The van der Waals surface area contributed by atoms with E-state index in [0.29, 0.717) is 18.7 Å². The second-order valence-electron chi connectivity index (χ2n) is 8.36. The molecule has 34 heavy (non-hydrogen) atoms. The van der Waals surface area contributed by atoms with Gasteiger partial charge in [-0.1, -0.05) is 24.3 Å². The standard InChI is InChI=1S/C25H27NO8/c1-31-21(27)17-15-13-14-9-5-6-10-16(14)25(19(17)23(29)33-3,26-11-7-8-12-26)20(24(30)34-4)18(15)22(28)32-2/h5-6,9-10,15H,7-8,11-13H2,1-4H3. The molecule has 1 aromatic carbocycles. The molecular weight excluding hydrogens is 442 g/mol. The molecule has 180 valence electrons. The molecule has 3 aliphatic carbocycles. The number of benzene rings is 1. The Hall–Kier alpha value is -3.46. The van der Waals surface area contributed by atoms with Crippen LogP contribution in [0.4, 0.5) is 0 Å². The van der Waals surface area contributed by atoms with Gasteiger partial charge in [0.05, 0.1) is 50.7 Å². The molecule has 0 N–H and O–H groups in total. The van der Waals surface area contributed by atoms with Crippen LogP contribution in [0.25, 0.3) is 0 Å². The third kappa shape index (κ3) is 3.18. The van der Waals surface area contributed by atoms with Crippen molar-refractivity contribution in [2.75, 3.05) is 41.5 Å². The van der Waals surface area contributed by atoms with E-state index in [-0.39, 0.29) is 28.7 Å². The number of hydrogen-bond acceptors (Lipinski definition) is 9. The van der Waals surface area contributed by atoms with Crippen LogP contribution in [0.3, 0.4) is 0 Å². The molecule has 1 aliphatic heterocycles. The van der Waals surface area contributed by atoms with Crippen LogP contribution in [0, 0.1) is 5.92 Å². The molecule has 4 aliphatic rings. The number of carbonyl (C=O) groups is 4. The number of methoxy groups -OCH3 is 4. The third-order valence-electron chi connectivity index (χ3n) is 6.96. The van der Waals surface area contributed by atoms with Crippen LogP contribution in [0.1, 0.15) is 24.0 Å². The van der Waals surface area contributed by atoms with Gasteiger partial charge in [-0.25, -0.2) is 19.2 Å². The lowest BCUT2D eigenvalue weighted by molar-refractivity contribution is -0.144. The summed E-state index contributed by atoms with van der Waals surface area (Å²) in [5.41, 5.74) is -0.233. The first-order chi connectivity index (χ1) is 16.4. The van der Waals surface area contributed by atoms with Crippen LogP contribution in [-0.2, 0) is 50.1 Å². The minimum atomic E-state index is -1.59. The van der Waals surface area contributed by atoms with Gasteiger partial charge in [-0.3, -0.25) is 4.90 Å². The number of carbonyl (C=O) groups excluding carboxylic acids is 4. The molecule has 0 atom stereocenters. The maximum Gasteiger partial charge on any atom is 0.336 e. The zero-order valence-electron chi connectivity index (χ0n) is 19.6. The van der Waals surface area contributed by atoms with E-state index in [1.54, 1.807) is 6.07 Å². The summed E-state index contributed by atoms with van der Waals surface area (Å²) >= 11 is 0. The monoisotopic (exact) mass is 469 g/mol. The van der Waals surface area contributed by atoms with Gasteiger partial charge in [0, 0.05) is 5.92 Å². The minimum Gasteiger partial charge on any atom is -0.466 e. The van der Waals surface area contributed by atoms with Gasteiger partial charge in [0.2, 0.25) is 0 Å².